The number of nitrogens with two attached hydrogens (primary N) is 1. The van der Waals surface area contributed by atoms with Gasteiger partial charge in [-0.1, -0.05) is 59.7 Å². The highest BCUT2D eigenvalue weighted by Gasteiger charge is 2.21. The molecule has 0 spiro atoms. The zero-order chi connectivity index (χ0) is 15.7. The molecule has 0 aliphatic heterocycles. The van der Waals surface area contributed by atoms with Crippen molar-refractivity contribution in [2.45, 2.75) is 13.8 Å². The minimum atomic E-state index is 0.161. The van der Waals surface area contributed by atoms with Crippen LogP contribution in [-0.2, 0) is 0 Å². The normalized spacial score (nSPS) is 10.4. The zero-order valence-corrected chi connectivity index (χ0v) is 12.6. The lowest BCUT2D eigenvalue weighted by Crippen LogP contribution is -1.87. The summed E-state index contributed by atoms with van der Waals surface area (Å²) in [4.78, 5) is 0. The molecule has 0 unspecified atom stereocenters. The van der Waals surface area contributed by atoms with Gasteiger partial charge in [0.1, 0.15) is 17.4 Å². The summed E-state index contributed by atoms with van der Waals surface area (Å²) in [6.45, 7) is 4.06. The lowest BCUT2D eigenvalue weighted by atomic mass is 9.97. The number of anilines is 1. The first-order valence-electron chi connectivity index (χ1n) is 7.06. The molecule has 0 aliphatic carbocycles. The van der Waals surface area contributed by atoms with Crippen molar-refractivity contribution in [3.05, 3.63) is 65.2 Å². The molecule has 0 radical (unpaired) electrons. The number of nitriles is 1. The van der Waals surface area contributed by atoms with Gasteiger partial charge in [0.25, 0.3) is 0 Å². The first kappa shape index (κ1) is 14.0. The Kier molecular flexibility index (Phi) is 3.44. The molecule has 1 heterocycles. The minimum absolute atomic E-state index is 0.161. The van der Waals surface area contributed by atoms with Crippen LogP contribution in [0, 0.1) is 25.2 Å². The Bertz CT molecular complexity index is 850. The number of nitrogen functional groups attached to an aromatic ring is 1. The lowest BCUT2D eigenvalue weighted by molar-refractivity contribution is 0.603. The highest BCUT2D eigenvalue weighted by atomic mass is 16.4. The maximum atomic E-state index is 9.43. The van der Waals surface area contributed by atoms with E-state index in [-0.39, 0.29) is 5.88 Å². The van der Waals surface area contributed by atoms with Crippen LogP contribution in [0.3, 0.4) is 0 Å². The van der Waals surface area contributed by atoms with Crippen molar-refractivity contribution in [1.82, 2.24) is 0 Å². The molecular weight excluding hydrogens is 272 g/mol. The van der Waals surface area contributed by atoms with E-state index >= 15 is 0 Å². The third-order valence-electron chi connectivity index (χ3n) is 3.70. The summed E-state index contributed by atoms with van der Waals surface area (Å²) >= 11 is 0. The molecule has 1 aromatic heterocycles. The van der Waals surface area contributed by atoms with Gasteiger partial charge in [-0.25, -0.2) is 0 Å². The number of nitrogens with zero attached hydrogens (tertiary/aromatic N) is 1. The van der Waals surface area contributed by atoms with Gasteiger partial charge in [0.2, 0.25) is 5.88 Å². The second kappa shape index (κ2) is 5.42. The third-order valence-corrected chi connectivity index (χ3v) is 3.70. The molecule has 0 aliphatic rings. The van der Waals surface area contributed by atoms with Gasteiger partial charge in [0, 0.05) is 11.1 Å². The number of hydrogen-bond donors (Lipinski definition) is 1. The largest absolute Gasteiger partial charge is 0.439 e. The minimum Gasteiger partial charge on any atom is -0.439 e. The molecule has 0 saturated heterocycles. The number of rotatable bonds is 2. The van der Waals surface area contributed by atoms with Gasteiger partial charge in [-0.05, 0) is 19.4 Å². The Morgan fingerprint density at radius 2 is 1.36 bits per heavy atom. The molecule has 22 heavy (non-hydrogen) atoms. The molecule has 2 N–H and O–H groups in total. The van der Waals surface area contributed by atoms with E-state index in [4.69, 9.17) is 10.2 Å². The van der Waals surface area contributed by atoms with E-state index in [1.807, 2.05) is 62.4 Å². The molecule has 108 valence electrons. The van der Waals surface area contributed by atoms with Crippen LogP contribution < -0.4 is 5.73 Å². The monoisotopic (exact) mass is 288 g/mol. The van der Waals surface area contributed by atoms with Gasteiger partial charge in [-0.3, -0.25) is 0 Å². The highest BCUT2D eigenvalue weighted by Crippen LogP contribution is 2.40. The van der Waals surface area contributed by atoms with Crippen LogP contribution in [0.1, 0.15) is 16.7 Å². The number of furan rings is 1. The standard InChI is InChI=1S/C19H16N2O/c1-12-3-7-14(8-4-12)17-16(11-20)19(21)22-18(17)15-9-5-13(2)6-10-15/h3-10H,21H2,1-2H3. The average molecular weight is 288 g/mol. The fourth-order valence-corrected chi connectivity index (χ4v) is 2.46. The molecule has 0 bridgehead atoms. The maximum absolute atomic E-state index is 9.43. The van der Waals surface area contributed by atoms with Crippen molar-refractivity contribution >= 4 is 5.88 Å². The number of hydrogen-bond acceptors (Lipinski definition) is 3. The van der Waals surface area contributed by atoms with Crippen LogP contribution >= 0.6 is 0 Å². The first-order valence-corrected chi connectivity index (χ1v) is 7.06. The van der Waals surface area contributed by atoms with E-state index < -0.39 is 0 Å². The van der Waals surface area contributed by atoms with Gasteiger partial charge >= 0.3 is 0 Å². The summed E-state index contributed by atoms with van der Waals surface area (Å²) in [5.41, 5.74) is 11.2. The van der Waals surface area contributed by atoms with Gasteiger partial charge in [0.15, 0.2) is 0 Å². The average Bonchev–Trinajstić information content (AvgIpc) is 2.85. The molecule has 0 fully saturated rings. The topological polar surface area (TPSA) is 62.9 Å². The fraction of sp³-hybridized carbons (Fsp3) is 0.105. The molecule has 2 aromatic carbocycles. The Balaban J connectivity index is 2.25. The first-order chi connectivity index (χ1) is 10.6. The van der Waals surface area contributed by atoms with Crippen molar-refractivity contribution in [2.24, 2.45) is 0 Å². The van der Waals surface area contributed by atoms with E-state index in [1.54, 1.807) is 0 Å². The van der Waals surface area contributed by atoms with Crippen molar-refractivity contribution < 1.29 is 4.42 Å². The summed E-state index contributed by atoms with van der Waals surface area (Å²) in [5.74, 6) is 0.798. The lowest BCUT2D eigenvalue weighted by Gasteiger charge is -2.05. The van der Waals surface area contributed by atoms with E-state index in [0.29, 0.717) is 11.3 Å². The smallest absolute Gasteiger partial charge is 0.209 e. The summed E-state index contributed by atoms with van der Waals surface area (Å²) < 4.78 is 5.70. The van der Waals surface area contributed by atoms with Crippen molar-refractivity contribution in [2.75, 3.05) is 5.73 Å². The summed E-state index contributed by atoms with van der Waals surface area (Å²) in [5, 5.41) is 9.43. The Morgan fingerprint density at radius 1 is 0.864 bits per heavy atom. The highest BCUT2D eigenvalue weighted by molar-refractivity contribution is 5.87. The Hall–Kier alpha value is -2.99. The second-order valence-corrected chi connectivity index (χ2v) is 5.39. The summed E-state index contributed by atoms with van der Waals surface area (Å²) in [6.07, 6.45) is 0. The Labute approximate surface area is 129 Å². The van der Waals surface area contributed by atoms with Crippen LogP contribution in [0.2, 0.25) is 0 Å². The van der Waals surface area contributed by atoms with E-state index in [9.17, 15) is 5.26 Å². The fourth-order valence-electron chi connectivity index (χ4n) is 2.46. The van der Waals surface area contributed by atoms with Crippen molar-refractivity contribution in [3.63, 3.8) is 0 Å². The molecule has 0 saturated carbocycles. The van der Waals surface area contributed by atoms with Crippen LogP contribution in [0.15, 0.2) is 52.9 Å². The van der Waals surface area contributed by atoms with Crippen molar-refractivity contribution in [3.8, 4) is 28.5 Å². The van der Waals surface area contributed by atoms with Gasteiger partial charge in [0.05, 0.1) is 0 Å². The summed E-state index contributed by atoms with van der Waals surface area (Å²) in [7, 11) is 0. The maximum Gasteiger partial charge on any atom is 0.209 e. The predicted octanol–water partition coefficient (Wildman–Crippen LogP) is 4.68. The molecular formula is C19H16N2O. The molecule has 3 rings (SSSR count). The van der Waals surface area contributed by atoms with Gasteiger partial charge in [-0.15, -0.1) is 0 Å². The predicted molar refractivity (Wildman–Crippen MR) is 88.2 cm³/mol. The molecule has 3 nitrogen and oxygen atoms in total. The van der Waals surface area contributed by atoms with E-state index in [2.05, 4.69) is 6.07 Å². The quantitative estimate of drug-likeness (QED) is 0.744. The summed E-state index contributed by atoms with van der Waals surface area (Å²) in [6, 6.07) is 18.1. The molecule has 3 heteroatoms. The third kappa shape index (κ3) is 2.36. The van der Waals surface area contributed by atoms with E-state index in [1.165, 1.54) is 5.56 Å². The van der Waals surface area contributed by atoms with Gasteiger partial charge in [-0.2, -0.15) is 5.26 Å². The van der Waals surface area contributed by atoms with Crippen LogP contribution in [0.4, 0.5) is 5.88 Å². The second-order valence-electron chi connectivity index (χ2n) is 5.39. The molecule has 3 aromatic rings. The molecule has 0 amide bonds. The van der Waals surface area contributed by atoms with Crippen molar-refractivity contribution in [1.29, 1.82) is 5.26 Å². The van der Waals surface area contributed by atoms with Crippen LogP contribution in [-0.4, -0.2) is 0 Å². The van der Waals surface area contributed by atoms with E-state index in [0.717, 1.165) is 22.3 Å². The zero-order valence-electron chi connectivity index (χ0n) is 12.6. The van der Waals surface area contributed by atoms with Crippen LogP contribution in [0.5, 0.6) is 0 Å². The van der Waals surface area contributed by atoms with Crippen LogP contribution in [0.25, 0.3) is 22.5 Å². The number of aryl methyl sites for hydroxylation is 2. The number of benzene rings is 2. The Morgan fingerprint density at radius 3 is 1.86 bits per heavy atom. The molecule has 0 atom stereocenters. The van der Waals surface area contributed by atoms with Gasteiger partial charge < -0.3 is 10.2 Å². The SMILES string of the molecule is Cc1ccc(-c2oc(N)c(C#N)c2-c2ccc(C)cc2)cc1.